The van der Waals surface area contributed by atoms with Gasteiger partial charge in [-0.25, -0.2) is 0 Å². The molecular weight excluding hydrogens is 354 g/mol. The van der Waals surface area contributed by atoms with Gasteiger partial charge in [0, 0.05) is 0 Å². The maximum absolute atomic E-state index is 2.54. The molecule has 0 aromatic heterocycles. The summed E-state index contributed by atoms with van der Waals surface area (Å²) >= 11 is -0.337. The van der Waals surface area contributed by atoms with E-state index in [9.17, 15) is 0 Å². The SMILES string of the molecule is C1=CC[C]([Zr+2][CH]2CCC/C=C\C3CC=CC32)=C1.[Cl-].[Cl-]. The van der Waals surface area contributed by atoms with Crippen LogP contribution in [0.25, 0.3) is 0 Å². The molecule has 0 bridgehead atoms. The van der Waals surface area contributed by atoms with Gasteiger partial charge in [0.1, 0.15) is 0 Å². The van der Waals surface area contributed by atoms with Crippen LogP contribution in [-0.4, -0.2) is 0 Å². The zero-order chi connectivity index (χ0) is 11.5. The van der Waals surface area contributed by atoms with Gasteiger partial charge < -0.3 is 24.8 Å². The molecule has 3 heteroatoms. The van der Waals surface area contributed by atoms with E-state index in [2.05, 4.69) is 42.5 Å². The Morgan fingerprint density at radius 2 is 1.95 bits per heavy atom. The van der Waals surface area contributed by atoms with Gasteiger partial charge in [0.15, 0.2) is 0 Å². The second kappa shape index (κ2) is 8.65. The summed E-state index contributed by atoms with van der Waals surface area (Å²) in [5.41, 5.74) is 0. The Morgan fingerprint density at radius 3 is 2.74 bits per heavy atom. The van der Waals surface area contributed by atoms with Crippen LogP contribution in [0.3, 0.4) is 0 Å². The van der Waals surface area contributed by atoms with E-state index >= 15 is 0 Å². The molecule has 0 saturated carbocycles. The van der Waals surface area contributed by atoms with E-state index in [1.54, 1.807) is 0 Å². The smallest absolute Gasteiger partial charge is 1.00 e. The number of halogens is 2. The van der Waals surface area contributed by atoms with E-state index in [1.165, 1.54) is 32.1 Å². The number of fused-ring (bicyclic) bond motifs is 1. The van der Waals surface area contributed by atoms with Gasteiger partial charge in [-0.3, -0.25) is 0 Å². The van der Waals surface area contributed by atoms with Gasteiger partial charge in [-0.2, -0.15) is 0 Å². The summed E-state index contributed by atoms with van der Waals surface area (Å²) in [6.07, 6.45) is 23.7. The average molecular weight is 374 g/mol. The monoisotopic (exact) mass is 372 g/mol. The van der Waals surface area contributed by atoms with Crippen LogP contribution in [0.1, 0.15) is 32.1 Å². The molecule has 3 rings (SSSR count). The van der Waals surface area contributed by atoms with Crippen molar-refractivity contribution >= 4 is 0 Å². The number of allylic oxidation sites excluding steroid dienone is 8. The van der Waals surface area contributed by atoms with Gasteiger partial charge in [-0.05, 0) is 0 Å². The molecule has 0 heterocycles. The Labute approximate surface area is 140 Å². The Balaban J connectivity index is 0.000000902. The average Bonchev–Trinajstić information content (AvgIpc) is 2.94. The molecule has 0 radical (unpaired) electrons. The van der Waals surface area contributed by atoms with E-state index in [0.29, 0.717) is 0 Å². The third-order valence-electron chi connectivity index (χ3n) is 4.14. The maximum atomic E-state index is 2.54. The summed E-state index contributed by atoms with van der Waals surface area (Å²) in [6.45, 7) is 0. The van der Waals surface area contributed by atoms with Crippen molar-refractivity contribution in [3.05, 3.63) is 45.8 Å². The number of rotatable bonds is 2. The molecule has 3 aliphatic carbocycles. The van der Waals surface area contributed by atoms with Crippen LogP contribution >= 0.6 is 0 Å². The van der Waals surface area contributed by atoms with E-state index in [-0.39, 0.29) is 48.0 Å². The predicted octanol–water partition coefficient (Wildman–Crippen LogP) is -1.36. The summed E-state index contributed by atoms with van der Waals surface area (Å²) in [5.74, 6) is 1.73. The van der Waals surface area contributed by atoms with Crippen LogP contribution in [0.15, 0.2) is 45.8 Å². The topological polar surface area (TPSA) is 0 Å². The van der Waals surface area contributed by atoms with E-state index < -0.39 is 0 Å². The second-order valence-electron chi connectivity index (χ2n) is 5.34. The van der Waals surface area contributed by atoms with Gasteiger partial charge >= 0.3 is 117 Å². The van der Waals surface area contributed by atoms with Crippen molar-refractivity contribution in [2.24, 2.45) is 11.8 Å². The second-order valence-corrected chi connectivity index (χ2v) is 9.45. The fraction of sp³-hybridized carbons (Fsp3) is 0.500. The number of hydrogen-bond donors (Lipinski definition) is 0. The Kier molecular flexibility index (Phi) is 7.96. The predicted molar refractivity (Wildman–Crippen MR) is 69.3 cm³/mol. The Morgan fingerprint density at radius 1 is 1.05 bits per heavy atom. The third-order valence-corrected chi connectivity index (χ3v) is 8.53. The summed E-state index contributed by atoms with van der Waals surface area (Å²) in [7, 11) is 0. The van der Waals surface area contributed by atoms with E-state index in [4.69, 9.17) is 0 Å². The zero-order valence-corrected chi connectivity index (χ0v) is 15.0. The minimum Gasteiger partial charge on any atom is -1.00 e. The normalized spacial score (nSPS) is 33.1. The molecular formula is C16H20Cl2Zr. The molecule has 0 aromatic rings. The fourth-order valence-electron chi connectivity index (χ4n) is 3.21. The molecule has 3 aliphatic rings. The fourth-order valence-corrected chi connectivity index (χ4v) is 7.65. The summed E-state index contributed by atoms with van der Waals surface area (Å²) < 4.78 is 2.88. The molecule has 0 spiro atoms. The van der Waals surface area contributed by atoms with Crippen molar-refractivity contribution in [2.45, 2.75) is 35.7 Å². The van der Waals surface area contributed by atoms with Gasteiger partial charge in [0.25, 0.3) is 0 Å². The van der Waals surface area contributed by atoms with E-state index in [0.717, 1.165) is 15.5 Å². The first-order valence-corrected chi connectivity index (χ1v) is 9.54. The van der Waals surface area contributed by atoms with Gasteiger partial charge in [-0.15, -0.1) is 0 Å². The van der Waals surface area contributed by atoms with Gasteiger partial charge in [0.2, 0.25) is 0 Å². The van der Waals surface area contributed by atoms with Crippen molar-refractivity contribution in [2.75, 3.05) is 0 Å². The molecule has 0 amide bonds. The van der Waals surface area contributed by atoms with Crippen LogP contribution in [0.5, 0.6) is 0 Å². The first-order valence-electron chi connectivity index (χ1n) is 6.89. The van der Waals surface area contributed by atoms with Gasteiger partial charge in [0.05, 0.1) is 0 Å². The summed E-state index contributed by atoms with van der Waals surface area (Å²) in [6, 6.07) is 0. The van der Waals surface area contributed by atoms with E-state index in [1.807, 2.05) is 3.28 Å². The van der Waals surface area contributed by atoms with Crippen LogP contribution < -0.4 is 24.8 Å². The largest absolute Gasteiger partial charge is 1.00 e. The minimum absolute atomic E-state index is 0. The summed E-state index contributed by atoms with van der Waals surface area (Å²) in [5, 5.41) is 0. The molecule has 0 aromatic carbocycles. The molecule has 0 N–H and O–H groups in total. The minimum atomic E-state index is -0.337. The van der Waals surface area contributed by atoms with Crippen LogP contribution in [0.4, 0.5) is 0 Å². The Hall–Kier alpha value is 0.423. The van der Waals surface area contributed by atoms with Crippen molar-refractivity contribution in [3.8, 4) is 0 Å². The zero-order valence-electron chi connectivity index (χ0n) is 11.1. The molecule has 102 valence electrons. The van der Waals surface area contributed by atoms with Crippen LogP contribution in [-0.2, 0) is 23.2 Å². The molecule has 3 atom stereocenters. The van der Waals surface area contributed by atoms with Crippen molar-refractivity contribution < 1.29 is 48.0 Å². The van der Waals surface area contributed by atoms with Crippen molar-refractivity contribution in [1.29, 1.82) is 0 Å². The molecule has 3 unspecified atom stereocenters. The molecule has 0 fully saturated rings. The standard InChI is InChI=1S/C11H15.C5H5.2ClH.Zr/c1-2-4-7-11-9-5-8-10(11)6-3-1;1-2-4-5-3-1;;;/h3,5-7,9-11H,1-2,4,8H2;1-3H,4H2;2*1H;/q;;;;+2/p-2/b6-3-;;;;. The molecule has 19 heavy (non-hydrogen) atoms. The molecule has 0 aliphatic heterocycles. The molecule has 0 saturated heterocycles. The first kappa shape index (κ1) is 17.5. The van der Waals surface area contributed by atoms with Gasteiger partial charge in [-0.1, -0.05) is 0 Å². The van der Waals surface area contributed by atoms with Crippen LogP contribution in [0, 0.1) is 11.8 Å². The first-order chi connectivity index (χ1) is 8.43. The summed E-state index contributed by atoms with van der Waals surface area (Å²) in [4.78, 5) is 0. The molecule has 0 nitrogen and oxygen atoms in total. The van der Waals surface area contributed by atoms with Crippen molar-refractivity contribution in [3.63, 3.8) is 0 Å². The number of hydrogen-bond acceptors (Lipinski definition) is 0. The van der Waals surface area contributed by atoms with Crippen molar-refractivity contribution in [1.82, 2.24) is 0 Å². The quantitative estimate of drug-likeness (QED) is 0.524. The maximum Gasteiger partial charge on any atom is -1.00 e. The van der Waals surface area contributed by atoms with Crippen LogP contribution in [0.2, 0.25) is 3.63 Å². The Bertz CT molecular complexity index is 396. The third kappa shape index (κ3) is 4.45.